The maximum Gasteiger partial charge on any atom is 0.185 e. The molecule has 1 aliphatic carbocycles. The Bertz CT molecular complexity index is 1130. The summed E-state index contributed by atoms with van der Waals surface area (Å²) in [7, 11) is 0. The Morgan fingerprint density at radius 1 is 0.923 bits per heavy atom. The molecular weight excluding hydrogens is 388 g/mol. The lowest BCUT2D eigenvalue weighted by Crippen LogP contribution is -2.01. The highest BCUT2D eigenvalue weighted by atomic mass is 79.9. The van der Waals surface area contributed by atoms with Crippen molar-refractivity contribution < 1.29 is 0 Å². The van der Waals surface area contributed by atoms with E-state index in [1.54, 1.807) is 0 Å². The van der Waals surface area contributed by atoms with Crippen LogP contribution in [0.2, 0.25) is 0 Å². The first-order valence-electron chi connectivity index (χ1n) is 8.80. The minimum atomic E-state index is 0.772. The average Bonchev–Trinajstić information content (AvgIpc) is 2.97. The zero-order valence-corrected chi connectivity index (χ0v) is 16.0. The van der Waals surface area contributed by atoms with Crippen LogP contribution in [0.4, 0.5) is 0 Å². The van der Waals surface area contributed by atoms with Gasteiger partial charge in [-0.25, -0.2) is 0 Å². The molecule has 0 atom stereocenters. The van der Waals surface area contributed by atoms with Crippen LogP contribution in [0.25, 0.3) is 28.3 Å². The molecule has 26 heavy (non-hydrogen) atoms. The summed E-state index contributed by atoms with van der Waals surface area (Å²) in [4.78, 5) is 0. The molecule has 128 valence electrons. The molecule has 2 aromatic carbocycles. The number of fused-ring (bicyclic) bond motifs is 4. The lowest BCUT2D eigenvalue weighted by Gasteiger charge is -2.10. The summed E-state index contributed by atoms with van der Waals surface area (Å²) < 4.78 is 2.92. The Hall–Kier alpha value is -2.53. The number of halogens is 1. The normalized spacial score (nSPS) is 13.3. The Kier molecular flexibility index (Phi) is 3.64. The van der Waals surface area contributed by atoms with Crippen LogP contribution in [0, 0.1) is 6.92 Å². The first kappa shape index (κ1) is 15.7. The zero-order valence-electron chi connectivity index (χ0n) is 14.4. The molecule has 0 aliphatic heterocycles. The fourth-order valence-corrected chi connectivity index (χ4v) is 3.93. The van der Waals surface area contributed by atoms with Gasteiger partial charge in [0.1, 0.15) is 0 Å². The van der Waals surface area contributed by atoms with Crippen molar-refractivity contribution in [3.63, 3.8) is 0 Å². The molecule has 0 bridgehead atoms. The maximum atomic E-state index is 5.00. The van der Waals surface area contributed by atoms with Crippen molar-refractivity contribution in [2.75, 3.05) is 0 Å². The third-order valence-electron chi connectivity index (χ3n) is 4.99. The third-order valence-corrected chi connectivity index (χ3v) is 5.52. The van der Waals surface area contributed by atoms with Gasteiger partial charge in [0.05, 0.1) is 5.69 Å². The molecule has 0 N–H and O–H groups in total. The second-order valence-electron chi connectivity index (χ2n) is 6.83. The van der Waals surface area contributed by atoms with Crippen molar-refractivity contribution in [1.82, 2.24) is 19.8 Å². The minimum Gasteiger partial charge on any atom is -0.192 e. The molecule has 0 spiro atoms. The summed E-state index contributed by atoms with van der Waals surface area (Å²) in [5, 5.41) is 13.8. The predicted octanol–water partition coefficient (Wildman–Crippen LogP) is 5.02. The summed E-state index contributed by atoms with van der Waals surface area (Å²) in [6, 6.07) is 16.9. The summed E-state index contributed by atoms with van der Waals surface area (Å²) in [6.45, 7) is 2.13. The van der Waals surface area contributed by atoms with E-state index >= 15 is 0 Å². The lowest BCUT2D eigenvalue weighted by molar-refractivity contribution is 0.827. The van der Waals surface area contributed by atoms with Crippen LogP contribution in [-0.2, 0) is 12.8 Å². The number of rotatable bonds is 1. The zero-order chi connectivity index (χ0) is 17.7. The van der Waals surface area contributed by atoms with Crippen molar-refractivity contribution in [2.45, 2.75) is 26.2 Å². The van der Waals surface area contributed by atoms with E-state index in [0.717, 1.165) is 46.5 Å². The molecule has 0 unspecified atom stereocenters. The van der Waals surface area contributed by atoms with Crippen LogP contribution in [0.1, 0.15) is 23.1 Å². The predicted molar refractivity (Wildman–Crippen MR) is 106 cm³/mol. The van der Waals surface area contributed by atoms with E-state index in [0.29, 0.717) is 0 Å². The monoisotopic (exact) mass is 404 g/mol. The quantitative estimate of drug-likeness (QED) is 0.447. The molecule has 0 amide bonds. The highest BCUT2D eigenvalue weighted by Crippen LogP contribution is 2.33. The Labute approximate surface area is 160 Å². The fourth-order valence-electron chi connectivity index (χ4n) is 3.66. The molecule has 0 saturated carbocycles. The SMILES string of the molecule is Cc1ccc2c(c1)-c1nn3c(-c4ccc(Br)cc4)nnc3cc1CCC2. The molecule has 4 aromatic rings. The van der Waals surface area contributed by atoms with E-state index in [1.165, 1.54) is 22.3 Å². The van der Waals surface area contributed by atoms with Gasteiger partial charge < -0.3 is 0 Å². The number of hydrogen-bond acceptors (Lipinski definition) is 3. The van der Waals surface area contributed by atoms with Crippen LogP contribution < -0.4 is 0 Å². The molecule has 4 nitrogen and oxygen atoms in total. The van der Waals surface area contributed by atoms with Gasteiger partial charge in [0.25, 0.3) is 0 Å². The highest BCUT2D eigenvalue weighted by Gasteiger charge is 2.19. The molecule has 5 rings (SSSR count). The van der Waals surface area contributed by atoms with E-state index in [2.05, 4.69) is 57.3 Å². The largest absolute Gasteiger partial charge is 0.192 e. The number of aromatic nitrogens is 4. The van der Waals surface area contributed by atoms with Gasteiger partial charge in [-0.2, -0.15) is 9.61 Å². The van der Waals surface area contributed by atoms with E-state index in [4.69, 9.17) is 5.10 Å². The highest BCUT2D eigenvalue weighted by molar-refractivity contribution is 9.10. The molecule has 0 fully saturated rings. The summed E-state index contributed by atoms with van der Waals surface area (Å²) in [5.74, 6) is 0.772. The molecule has 0 radical (unpaired) electrons. The van der Waals surface area contributed by atoms with Crippen molar-refractivity contribution in [3.8, 4) is 22.6 Å². The van der Waals surface area contributed by atoms with Gasteiger partial charge in [-0.15, -0.1) is 10.2 Å². The molecule has 1 aliphatic rings. The summed E-state index contributed by atoms with van der Waals surface area (Å²) in [5.41, 5.74) is 8.01. The van der Waals surface area contributed by atoms with Gasteiger partial charge in [-0.3, -0.25) is 0 Å². The Morgan fingerprint density at radius 3 is 2.58 bits per heavy atom. The number of aryl methyl sites for hydroxylation is 3. The topological polar surface area (TPSA) is 43.1 Å². The van der Waals surface area contributed by atoms with E-state index in [9.17, 15) is 0 Å². The molecular formula is C21H17BrN4. The smallest absolute Gasteiger partial charge is 0.185 e. The maximum absolute atomic E-state index is 5.00. The van der Waals surface area contributed by atoms with Gasteiger partial charge in [-0.1, -0.05) is 45.8 Å². The first-order chi connectivity index (χ1) is 12.7. The van der Waals surface area contributed by atoms with Crippen LogP contribution in [0.3, 0.4) is 0 Å². The van der Waals surface area contributed by atoms with E-state index < -0.39 is 0 Å². The van der Waals surface area contributed by atoms with Gasteiger partial charge in [0, 0.05) is 15.6 Å². The van der Waals surface area contributed by atoms with Crippen molar-refractivity contribution in [3.05, 3.63) is 69.7 Å². The minimum absolute atomic E-state index is 0.772. The molecule has 2 heterocycles. The number of nitrogens with zero attached hydrogens (tertiary/aromatic N) is 4. The van der Waals surface area contributed by atoms with Gasteiger partial charge in [0.15, 0.2) is 11.5 Å². The van der Waals surface area contributed by atoms with E-state index in [1.807, 2.05) is 28.8 Å². The fraction of sp³-hybridized carbons (Fsp3) is 0.190. The van der Waals surface area contributed by atoms with Crippen LogP contribution >= 0.6 is 15.9 Å². The number of hydrogen-bond donors (Lipinski definition) is 0. The van der Waals surface area contributed by atoms with Crippen molar-refractivity contribution in [1.29, 1.82) is 0 Å². The van der Waals surface area contributed by atoms with Gasteiger partial charge >= 0.3 is 0 Å². The van der Waals surface area contributed by atoms with Crippen LogP contribution in [0.5, 0.6) is 0 Å². The van der Waals surface area contributed by atoms with Crippen molar-refractivity contribution in [2.24, 2.45) is 0 Å². The second kappa shape index (κ2) is 6.02. The molecule has 0 saturated heterocycles. The lowest BCUT2D eigenvalue weighted by atomic mass is 10.00. The van der Waals surface area contributed by atoms with Gasteiger partial charge in [-0.05, 0) is 61.6 Å². The van der Waals surface area contributed by atoms with Crippen molar-refractivity contribution >= 4 is 21.6 Å². The standard InChI is InChI=1S/C21H17BrN4/c1-13-5-6-14-3-2-4-16-12-19-23-24-21(15-7-9-17(22)10-8-15)26(19)25-20(16)18(14)11-13/h5-12H,2-4H2,1H3. The average molecular weight is 405 g/mol. The number of benzene rings is 2. The molecule has 2 aromatic heterocycles. The first-order valence-corrected chi connectivity index (χ1v) is 9.59. The summed E-state index contributed by atoms with van der Waals surface area (Å²) in [6.07, 6.45) is 3.24. The Balaban J connectivity index is 1.76. The van der Waals surface area contributed by atoms with Crippen LogP contribution in [-0.4, -0.2) is 19.8 Å². The second-order valence-corrected chi connectivity index (χ2v) is 7.75. The van der Waals surface area contributed by atoms with E-state index in [-0.39, 0.29) is 0 Å². The van der Waals surface area contributed by atoms with Gasteiger partial charge in [0.2, 0.25) is 0 Å². The Morgan fingerprint density at radius 2 is 1.73 bits per heavy atom. The molecule has 5 heteroatoms. The van der Waals surface area contributed by atoms with Crippen LogP contribution in [0.15, 0.2) is 53.0 Å². The third kappa shape index (κ3) is 2.54. The summed E-state index contributed by atoms with van der Waals surface area (Å²) >= 11 is 3.48.